The molecule has 1 spiro atoms. The minimum Gasteiger partial charge on any atom is -0.312 e. The van der Waals surface area contributed by atoms with Crippen LogP contribution in [-0.4, -0.2) is 12.1 Å². The predicted octanol–water partition coefficient (Wildman–Crippen LogP) is 4.37. The summed E-state index contributed by atoms with van der Waals surface area (Å²) in [4.78, 5) is 0. The molecule has 2 fully saturated rings. The van der Waals surface area contributed by atoms with Gasteiger partial charge in [-0.05, 0) is 56.9 Å². The summed E-state index contributed by atoms with van der Waals surface area (Å²) in [6.45, 7) is 13.1. The molecular formula is C16H31N. The zero-order valence-corrected chi connectivity index (χ0v) is 12.5. The first kappa shape index (κ1) is 13.4. The van der Waals surface area contributed by atoms with Crippen LogP contribution in [0.1, 0.15) is 73.1 Å². The molecule has 0 bridgehead atoms. The van der Waals surface area contributed by atoms with Crippen LogP contribution in [0.5, 0.6) is 0 Å². The van der Waals surface area contributed by atoms with Crippen molar-refractivity contribution in [1.29, 1.82) is 0 Å². The molecule has 2 rings (SSSR count). The Bertz CT molecular complexity index is 264. The van der Waals surface area contributed by atoms with Crippen molar-refractivity contribution in [3.8, 4) is 0 Å². The van der Waals surface area contributed by atoms with E-state index in [0.29, 0.717) is 10.8 Å². The number of hydrogen-bond acceptors (Lipinski definition) is 1. The summed E-state index contributed by atoms with van der Waals surface area (Å²) in [5, 5.41) is 3.73. The van der Waals surface area contributed by atoms with Crippen LogP contribution < -0.4 is 5.32 Å². The van der Waals surface area contributed by atoms with Crippen molar-refractivity contribution in [1.82, 2.24) is 5.32 Å². The van der Waals surface area contributed by atoms with E-state index in [-0.39, 0.29) is 5.54 Å². The lowest BCUT2D eigenvalue weighted by Gasteiger charge is -2.22. The number of nitrogens with one attached hydrogen (secondary N) is 1. The first-order chi connectivity index (χ1) is 7.80. The summed E-state index contributed by atoms with van der Waals surface area (Å²) in [6.07, 6.45) is 8.84. The van der Waals surface area contributed by atoms with Crippen LogP contribution in [0.3, 0.4) is 0 Å². The highest BCUT2D eigenvalue weighted by molar-refractivity contribution is 5.17. The molecular weight excluding hydrogens is 206 g/mol. The fraction of sp³-hybridized carbons (Fsp3) is 1.00. The van der Waals surface area contributed by atoms with Gasteiger partial charge in [-0.1, -0.05) is 39.5 Å². The van der Waals surface area contributed by atoms with Crippen molar-refractivity contribution in [2.45, 2.75) is 78.7 Å². The number of hydrogen-bond donors (Lipinski definition) is 1. The van der Waals surface area contributed by atoms with Crippen LogP contribution in [0.4, 0.5) is 0 Å². The average molecular weight is 237 g/mol. The van der Waals surface area contributed by atoms with Crippen molar-refractivity contribution in [2.24, 2.45) is 16.7 Å². The van der Waals surface area contributed by atoms with Gasteiger partial charge < -0.3 is 5.32 Å². The molecule has 1 unspecified atom stereocenters. The van der Waals surface area contributed by atoms with E-state index >= 15 is 0 Å². The Morgan fingerprint density at radius 3 is 2.00 bits per heavy atom. The molecule has 0 saturated heterocycles. The molecule has 0 aliphatic heterocycles. The van der Waals surface area contributed by atoms with Crippen LogP contribution in [0, 0.1) is 16.7 Å². The van der Waals surface area contributed by atoms with Crippen LogP contribution in [0.25, 0.3) is 0 Å². The lowest BCUT2D eigenvalue weighted by atomic mass is 9.88. The predicted molar refractivity (Wildman–Crippen MR) is 75.2 cm³/mol. The van der Waals surface area contributed by atoms with E-state index in [0.717, 1.165) is 5.92 Å². The normalized spacial score (nSPS) is 31.2. The van der Waals surface area contributed by atoms with Crippen molar-refractivity contribution in [3.63, 3.8) is 0 Å². The average Bonchev–Trinajstić information content (AvgIpc) is 2.75. The molecule has 2 aliphatic carbocycles. The Balaban J connectivity index is 1.99. The molecule has 1 atom stereocenters. The summed E-state index contributed by atoms with van der Waals surface area (Å²) in [7, 11) is 0. The third-order valence-corrected chi connectivity index (χ3v) is 5.57. The topological polar surface area (TPSA) is 12.0 Å². The maximum atomic E-state index is 3.73. The molecule has 2 aliphatic rings. The highest BCUT2D eigenvalue weighted by Gasteiger charge is 2.68. The van der Waals surface area contributed by atoms with Crippen molar-refractivity contribution in [3.05, 3.63) is 0 Å². The van der Waals surface area contributed by atoms with Gasteiger partial charge in [0.25, 0.3) is 0 Å². The first-order valence-electron chi connectivity index (χ1n) is 7.55. The van der Waals surface area contributed by atoms with Gasteiger partial charge in [-0.2, -0.15) is 0 Å². The van der Waals surface area contributed by atoms with Gasteiger partial charge in [0.1, 0.15) is 0 Å². The molecule has 1 nitrogen and oxygen atoms in total. The molecule has 0 amide bonds. The highest BCUT2D eigenvalue weighted by atomic mass is 15.0. The second kappa shape index (κ2) is 4.26. The van der Waals surface area contributed by atoms with Crippen LogP contribution in [0.2, 0.25) is 0 Å². The monoisotopic (exact) mass is 237 g/mol. The molecule has 0 aromatic carbocycles. The second-order valence-electron chi connectivity index (χ2n) is 7.98. The molecule has 17 heavy (non-hydrogen) atoms. The van der Waals surface area contributed by atoms with E-state index in [4.69, 9.17) is 0 Å². The summed E-state index contributed by atoms with van der Waals surface area (Å²) >= 11 is 0. The maximum absolute atomic E-state index is 3.73. The van der Waals surface area contributed by atoms with E-state index < -0.39 is 0 Å². The second-order valence-corrected chi connectivity index (χ2v) is 7.98. The fourth-order valence-electron chi connectivity index (χ4n) is 4.27. The standard InChI is InChI=1S/C16H31N/c1-14(2,3)17-12-13-15(4,5)16(13)10-8-6-7-9-11-16/h13,17H,6-12H2,1-5H3. The van der Waals surface area contributed by atoms with Crippen LogP contribution >= 0.6 is 0 Å². The van der Waals surface area contributed by atoms with Gasteiger partial charge in [-0.3, -0.25) is 0 Å². The molecule has 2 saturated carbocycles. The third kappa shape index (κ3) is 2.41. The summed E-state index contributed by atoms with van der Waals surface area (Å²) in [6, 6.07) is 0. The Kier molecular flexibility index (Phi) is 3.36. The van der Waals surface area contributed by atoms with Crippen molar-refractivity contribution >= 4 is 0 Å². The molecule has 0 heterocycles. The van der Waals surface area contributed by atoms with Gasteiger partial charge in [0, 0.05) is 5.54 Å². The van der Waals surface area contributed by atoms with E-state index in [1.807, 2.05) is 0 Å². The molecule has 0 aromatic heterocycles. The Morgan fingerprint density at radius 2 is 1.53 bits per heavy atom. The van der Waals surface area contributed by atoms with Crippen LogP contribution in [-0.2, 0) is 0 Å². The summed E-state index contributed by atoms with van der Waals surface area (Å²) in [5.74, 6) is 0.910. The van der Waals surface area contributed by atoms with Gasteiger partial charge in [-0.15, -0.1) is 0 Å². The molecule has 1 heteroatoms. The van der Waals surface area contributed by atoms with Gasteiger partial charge >= 0.3 is 0 Å². The first-order valence-corrected chi connectivity index (χ1v) is 7.55. The minimum atomic E-state index is 0.268. The molecule has 0 radical (unpaired) electrons. The van der Waals surface area contributed by atoms with Gasteiger partial charge in [0.05, 0.1) is 0 Å². The summed E-state index contributed by atoms with van der Waals surface area (Å²) < 4.78 is 0. The lowest BCUT2D eigenvalue weighted by molar-refractivity contribution is 0.325. The Morgan fingerprint density at radius 1 is 1.00 bits per heavy atom. The van der Waals surface area contributed by atoms with E-state index in [9.17, 15) is 0 Å². The Hall–Kier alpha value is -0.0400. The fourth-order valence-corrected chi connectivity index (χ4v) is 4.27. The van der Waals surface area contributed by atoms with Gasteiger partial charge in [-0.25, -0.2) is 0 Å². The maximum Gasteiger partial charge on any atom is 0.00966 e. The lowest BCUT2D eigenvalue weighted by Crippen LogP contribution is -2.38. The molecule has 0 aromatic rings. The zero-order chi connectivity index (χ0) is 12.7. The zero-order valence-electron chi connectivity index (χ0n) is 12.5. The minimum absolute atomic E-state index is 0.268. The smallest absolute Gasteiger partial charge is 0.00966 e. The number of rotatable bonds is 2. The third-order valence-electron chi connectivity index (χ3n) is 5.57. The SMILES string of the molecule is CC(C)(C)NCC1C(C)(C)C12CCCCCC2. The van der Waals surface area contributed by atoms with E-state index in [1.165, 1.54) is 45.1 Å². The summed E-state index contributed by atoms with van der Waals surface area (Å²) in [5.41, 5.74) is 1.53. The van der Waals surface area contributed by atoms with Gasteiger partial charge in [0.2, 0.25) is 0 Å². The molecule has 100 valence electrons. The van der Waals surface area contributed by atoms with Gasteiger partial charge in [0.15, 0.2) is 0 Å². The van der Waals surface area contributed by atoms with Crippen LogP contribution in [0.15, 0.2) is 0 Å². The largest absolute Gasteiger partial charge is 0.312 e. The highest BCUT2D eigenvalue weighted by Crippen LogP contribution is 2.73. The van der Waals surface area contributed by atoms with E-state index in [2.05, 4.69) is 39.9 Å². The molecule has 1 N–H and O–H groups in total. The Labute approximate surface area is 108 Å². The quantitative estimate of drug-likeness (QED) is 0.752. The van der Waals surface area contributed by atoms with Crippen molar-refractivity contribution in [2.75, 3.05) is 6.54 Å². The van der Waals surface area contributed by atoms with Crippen molar-refractivity contribution < 1.29 is 0 Å². The van der Waals surface area contributed by atoms with E-state index in [1.54, 1.807) is 0 Å².